The predicted octanol–water partition coefficient (Wildman–Crippen LogP) is -0.398. The average molecular weight is 262 g/mol. The third-order valence-corrected chi connectivity index (χ3v) is 2.61. The molecule has 0 aromatic heterocycles. The lowest BCUT2D eigenvalue weighted by Gasteiger charge is -2.25. The van der Waals surface area contributed by atoms with Crippen LogP contribution in [0.4, 0.5) is 0 Å². The number of ether oxygens (including phenoxy) is 4. The van der Waals surface area contributed by atoms with Crippen LogP contribution < -0.4 is 0 Å². The van der Waals surface area contributed by atoms with Crippen molar-refractivity contribution in [3.8, 4) is 0 Å². The standard InChI is InChI=1S/C11H18O7/c1-5(16-6(2)12)8-9(17-7(3)13)10(15-4)11(14)18-8/h5,8-11,14H,1-4H3/t5-,8-,9-,10-,11?/m0/s1. The molecule has 7 heteroatoms. The van der Waals surface area contributed by atoms with Crippen molar-refractivity contribution < 1.29 is 33.6 Å². The van der Waals surface area contributed by atoms with Crippen molar-refractivity contribution in [1.82, 2.24) is 0 Å². The number of carbonyl (C=O) groups is 2. The molecule has 1 aliphatic rings. The third kappa shape index (κ3) is 3.41. The van der Waals surface area contributed by atoms with Crippen LogP contribution in [0.3, 0.4) is 0 Å². The first-order chi connectivity index (χ1) is 8.36. The molecule has 0 radical (unpaired) electrons. The lowest BCUT2D eigenvalue weighted by Crippen LogP contribution is -2.43. The van der Waals surface area contributed by atoms with Crippen LogP contribution in [0.1, 0.15) is 20.8 Å². The predicted molar refractivity (Wildman–Crippen MR) is 58.5 cm³/mol. The summed E-state index contributed by atoms with van der Waals surface area (Å²) >= 11 is 0. The molecule has 0 amide bonds. The number of hydrogen-bond acceptors (Lipinski definition) is 7. The highest BCUT2D eigenvalue weighted by Crippen LogP contribution is 2.28. The molecule has 18 heavy (non-hydrogen) atoms. The van der Waals surface area contributed by atoms with Crippen LogP contribution in [-0.2, 0) is 28.5 Å². The van der Waals surface area contributed by atoms with Gasteiger partial charge in [-0.05, 0) is 6.92 Å². The zero-order valence-corrected chi connectivity index (χ0v) is 10.8. The van der Waals surface area contributed by atoms with Gasteiger partial charge in [0.05, 0.1) is 0 Å². The highest BCUT2D eigenvalue weighted by molar-refractivity contribution is 5.67. The van der Waals surface area contributed by atoms with Gasteiger partial charge in [0, 0.05) is 21.0 Å². The second kappa shape index (κ2) is 6.12. The molecule has 1 unspecified atom stereocenters. The van der Waals surface area contributed by atoms with Crippen LogP contribution >= 0.6 is 0 Å². The van der Waals surface area contributed by atoms with E-state index in [-0.39, 0.29) is 0 Å². The van der Waals surface area contributed by atoms with Gasteiger partial charge < -0.3 is 24.1 Å². The number of hydrogen-bond donors (Lipinski definition) is 1. The summed E-state index contributed by atoms with van der Waals surface area (Å²) in [4.78, 5) is 21.9. The van der Waals surface area contributed by atoms with Gasteiger partial charge in [0.15, 0.2) is 12.4 Å². The van der Waals surface area contributed by atoms with E-state index in [1.165, 1.54) is 21.0 Å². The summed E-state index contributed by atoms with van der Waals surface area (Å²) in [6, 6.07) is 0. The maximum Gasteiger partial charge on any atom is 0.303 e. The minimum atomic E-state index is -1.23. The van der Waals surface area contributed by atoms with Gasteiger partial charge in [-0.2, -0.15) is 0 Å². The lowest BCUT2D eigenvalue weighted by atomic mass is 10.1. The summed E-state index contributed by atoms with van der Waals surface area (Å²) in [6.07, 6.45) is -4.30. The van der Waals surface area contributed by atoms with Crippen molar-refractivity contribution in [2.75, 3.05) is 7.11 Å². The Hall–Kier alpha value is -1.18. The van der Waals surface area contributed by atoms with Crippen molar-refractivity contribution >= 4 is 11.9 Å². The molecule has 1 heterocycles. The summed E-state index contributed by atoms with van der Waals surface area (Å²) in [5, 5.41) is 9.65. The Morgan fingerprint density at radius 1 is 1.22 bits per heavy atom. The molecule has 1 aliphatic heterocycles. The van der Waals surface area contributed by atoms with Gasteiger partial charge in [-0.3, -0.25) is 9.59 Å². The number of aliphatic hydroxyl groups is 1. The second-order valence-corrected chi connectivity index (χ2v) is 4.08. The molecular formula is C11H18O7. The zero-order valence-electron chi connectivity index (χ0n) is 10.8. The molecule has 0 aromatic rings. The maximum atomic E-state index is 11.0. The quantitative estimate of drug-likeness (QED) is 0.689. The molecule has 1 N–H and O–H groups in total. The smallest absolute Gasteiger partial charge is 0.303 e. The average Bonchev–Trinajstić information content (AvgIpc) is 2.53. The van der Waals surface area contributed by atoms with E-state index in [0.29, 0.717) is 0 Å². The number of rotatable bonds is 4. The van der Waals surface area contributed by atoms with Gasteiger partial charge in [-0.15, -0.1) is 0 Å². The Morgan fingerprint density at radius 2 is 1.83 bits per heavy atom. The van der Waals surface area contributed by atoms with Crippen LogP contribution in [0.15, 0.2) is 0 Å². The fourth-order valence-electron chi connectivity index (χ4n) is 1.95. The Labute approximate surface area is 105 Å². The van der Waals surface area contributed by atoms with Gasteiger partial charge in [0.1, 0.15) is 18.3 Å². The van der Waals surface area contributed by atoms with Crippen molar-refractivity contribution in [3.05, 3.63) is 0 Å². The topological polar surface area (TPSA) is 91.3 Å². The van der Waals surface area contributed by atoms with Crippen LogP contribution in [0, 0.1) is 0 Å². The van der Waals surface area contributed by atoms with Crippen molar-refractivity contribution in [2.45, 2.75) is 51.5 Å². The SMILES string of the molecule is CO[C@@H]1C(O)O[C@@H]([C@H](C)OC(C)=O)[C@@H]1OC(C)=O. The second-order valence-electron chi connectivity index (χ2n) is 4.08. The van der Waals surface area contributed by atoms with Crippen molar-refractivity contribution in [1.29, 1.82) is 0 Å². The third-order valence-electron chi connectivity index (χ3n) is 2.61. The van der Waals surface area contributed by atoms with E-state index in [9.17, 15) is 14.7 Å². The van der Waals surface area contributed by atoms with E-state index in [4.69, 9.17) is 18.9 Å². The van der Waals surface area contributed by atoms with Gasteiger partial charge in [0.2, 0.25) is 0 Å². The molecule has 1 saturated heterocycles. The Balaban J connectivity index is 2.80. The molecule has 0 saturated carbocycles. The molecule has 0 aliphatic carbocycles. The van der Waals surface area contributed by atoms with Gasteiger partial charge in [-0.25, -0.2) is 0 Å². The summed E-state index contributed by atoms with van der Waals surface area (Å²) < 4.78 is 20.3. The monoisotopic (exact) mass is 262 g/mol. The lowest BCUT2D eigenvalue weighted by molar-refractivity contribution is -0.171. The van der Waals surface area contributed by atoms with Crippen molar-refractivity contribution in [2.24, 2.45) is 0 Å². The highest BCUT2D eigenvalue weighted by atomic mass is 16.7. The number of methoxy groups -OCH3 is 1. The fourth-order valence-corrected chi connectivity index (χ4v) is 1.95. The normalized spacial score (nSPS) is 32.9. The van der Waals surface area contributed by atoms with E-state index in [1.807, 2.05) is 0 Å². The minimum absolute atomic E-state index is 0.483. The Kier molecular flexibility index (Phi) is 5.06. The van der Waals surface area contributed by atoms with Crippen LogP contribution in [0.2, 0.25) is 0 Å². The molecule has 1 rings (SSSR count). The molecule has 0 bridgehead atoms. The maximum absolute atomic E-state index is 11.0. The molecule has 1 fully saturated rings. The molecule has 5 atom stereocenters. The van der Waals surface area contributed by atoms with Crippen LogP contribution in [0.5, 0.6) is 0 Å². The molecule has 104 valence electrons. The van der Waals surface area contributed by atoms with Gasteiger partial charge >= 0.3 is 11.9 Å². The minimum Gasteiger partial charge on any atom is -0.460 e. The van der Waals surface area contributed by atoms with E-state index >= 15 is 0 Å². The summed E-state index contributed by atoms with van der Waals surface area (Å²) in [7, 11) is 1.37. The first-order valence-electron chi connectivity index (χ1n) is 5.57. The molecule has 0 aromatic carbocycles. The largest absolute Gasteiger partial charge is 0.460 e. The van der Waals surface area contributed by atoms with E-state index in [0.717, 1.165) is 0 Å². The number of carbonyl (C=O) groups excluding carboxylic acids is 2. The summed E-state index contributed by atoms with van der Waals surface area (Å²) in [5.41, 5.74) is 0. The van der Waals surface area contributed by atoms with Crippen LogP contribution in [-0.4, -0.2) is 54.9 Å². The Bertz CT molecular complexity index is 317. The first-order valence-corrected chi connectivity index (χ1v) is 5.57. The van der Waals surface area contributed by atoms with E-state index in [1.54, 1.807) is 6.92 Å². The zero-order chi connectivity index (χ0) is 13.9. The fraction of sp³-hybridized carbons (Fsp3) is 0.818. The van der Waals surface area contributed by atoms with E-state index in [2.05, 4.69) is 0 Å². The molecular weight excluding hydrogens is 244 g/mol. The Morgan fingerprint density at radius 3 is 2.28 bits per heavy atom. The first kappa shape index (κ1) is 14.9. The molecule has 0 spiro atoms. The highest BCUT2D eigenvalue weighted by Gasteiger charge is 2.49. The van der Waals surface area contributed by atoms with Crippen LogP contribution in [0.25, 0.3) is 0 Å². The number of aliphatic hydroxyl groups excluding tert-OH is 1. The van der Waals surface area contributed by atoms with E-state index < -0.39 is 42.6 Å². The van der Waals surface area contributed by atoms with Gasteiger partial charge in [-0.1, -0.05) is 0 Å². The summed E-state index contributed by atoms with van der Waals surface area (Å²) in [5.74, 6) is -1.01. The molecule has 7 nitrogen and oxygen atoms in total. The number of esters is 2. The van der Waals surface area contributed by atoms with Gasteiger partial charge in [0.25, 0.3) is 0 Å². The van der Waals surface area contributed by atoms with Crippen molar-refractivity contribution in [3.63, 3.8) is 0 Å². The summed E-state index contributed by atoms with van der Waals surface area (Å²) in [6.45, 7) is 4.09.